The predicted molar refractivity (Wildman–Crippen MR) is 66.6 cm³/mol. The van der Waals surface area contributed by atoms with Gasteiger partial charge < -0.3 is 0 Å². The molecule has 1 aromatic carbocycles. The molecule has 16 heavy (non-hydrogen) atoms. The highest BCUT2D eigenvalue weighted by Crippen LogP contribution is 2.36. The van der Waals surface area contributed by atoms with E-state index in [1.165, 1.54) is 16.7 Å². The topological polar surface area (TPSA) is 0 Å². The second-order valence-electron chi connectivity index (χ2n) is 5.15. The van der Waals surface area contributed by atoms with Crippen molar-refractivity contribution < 1.29 is 4.39 Å². The van der Waals surface area contributed by atoms with Crippen molar-refractivity contribution >= 4 is 0 Å². The average Bonchev–Trinajstić information content (AvgIpc) is 2.66. The van der Waals surface area contributed by atoms with Gasteiger partial charge in [-0.05, 0) is 66.3 Å². The summed E-state index contributed by atoms with van der Waals surface area (Å²) in [4.78, 5) is 0. The summed E-state index contributed by atoms with van der Waals surface area (Å²) in [5, 5.41) is 0. The van der Waals surface area contributed by atoms with Crippen LogP contribution in [0.15, 0.2) is 0 Å². The number of rotatable bonds is 2. The van der Waals surface area contributed by atoms with Gasteiger partial charge in [-0.25, -0.2) is 4.39 Å². The summed E-state index contributed by atoms with van der Waals surface area (Å²) in [6, 6.07) is 0. The quantitative estimate of drug-likeness (QED) is 0.696. The van der Waals surface area contributed by atoms with Crippen molar-refractivity contribution in [1.82, 2.24) is 0 Å². The van der Waals surface area contributed by atoms with E-state index in [1.807, 2.05) is 0 Å². The van der Waals surface area contributed by atoms with Crippen LogP contribution in [0.2, 0.25) is 0 Å². The predicted octanol–water partition coefficient (Wildman–Crippen LogP) is 4.31. The standard InChI is InChI=1S/C15H21F/c1-5-11-10(4)14(9(2)3)12-7-6-8-13(12)15(11)16/h9H,5-8H2,1-4H3. The van der Waals surface area contributed by atoms with Crippen LogP contribution in [0.3, 0.4) is 0 Å². The maximum absolute atomic E-state index is 14.3. The number of halogens is 1. The fourth-order valence-electron chi connectivity index (χ4n) is 3.22. The maximum Gasteiger partial charge on any atom is 0.130 e. The molecule has 0 N–H and O–H groups in total. The molecule has 0 unspecified atom stereocenters. The van der Waals surface area contributed by atoms with Gasteiger partial charge in [0.15, 0.2) is 0 Å². The summed E-state index contributed by atoms with van der Waals surface area (Å²) in [6.07, 6.45) is 3.95. The SMILES string of the molecule is CCc1c(C)c(C(C)C)c2c(c1F)CCC2. The van der Waals surface area contributed by atoms with Crippen molar-refractivity contribution in [3.63, 3.8) is 0 Å². The molecular weight excluding hydrogens is 199 g/mol. The molecule has 88 valence electrons. The monoisotopic (exact) mass is 220 g/mol. The first-order valence-corrected chi connectivity index (χ1v) is 6.40. The summed E-state index contributed by atoms with van der Waals surface area (Å²) >= 11 is 0. The normalized spacial score (nSPS) is 14.6. The summed E-state index contributed by atoms with van der Waals surface area (Å²) in [5.74, 6) is 0.606. The van der Waals surface area contributed by atoms with E-state index in [0.29, 0.717) is 5.92 Å². The fraction of sp³-hybridized carbons (Fsp3) is 0.600. The molecule has 0 spiro atoms. The Bertz CT molecular complexity index is 412. The summed E-state index contributed by atoms with van der Waals surface area (Å²) in [5.41, 5.74) is 5.92. The first-order chi connectivity index (χ1) is 7.57. The molecule has 1 aliphatic rings. The van der Waals surface area contributed by atoms with Crippen LogP contribution in [0.1, 0.15) is 60.9 Å². The van der Waals surface area contributed by atoms with Crippen LogP contribution in [-0.4, -0.2) is 0 Å². The highest BCUT2D eigenvalue weighted by molar-refractivity contribution is 5.50. The van der Waals surface area contributed by atoms with E-state index in [9.17, 15) is 4.39 Å². The highest BCUT2D eigenvalue weighted by atomic mass is 19.1. The number of benzene rings is 1. The number of hydrogen-bond donors (Lipinski definition) is 0. The van der Waals surface area contributed by atoms with Crippen LogP contribution in [-0.2, 0) is 19.3 Å². The molecule has 2 rings (SSSR count). The minimum Gasteiger partial charge on any atom is -0.206 e. The molecule has 0 saturated heterocycles. The zero-order chi connectivity index (χ0) is 11.9. The van der Waals surface area contributed by atoms with E-state index in [1.54, 1.807) is 0 Å². The summed E-state index contributed by atoms with van der Waals surface area (Å²) in [6.45, 7) is 8.59. The third-order valence-corrected chi connectivity index (χ3v) is 3.86. The average molecular weight is 220 g/mol. The van der Waals surface area contributed by atoms with Gasteiger partial charge in [-0.2, -0.15) is 0 Å². The molecule has 0 amide bonds. The first kappa shape index (κ1) is 11.6. The molecule has 0 fully saturated rings. The maximum atomic E-state index is 14.3. The van der Waals surface area contributed by atoms with Crippen molar-refractivity contribution in [3.05, 3.63) is 33.6 Å². The van der Waals surface area contributed by atoms with E-state index in [4.69, 9.17) is 0 Å². The van der Waals surface area contributed by atoms with E-state index in [2.05, 4.69) is 27.7 Å². The van der Waals surface area contributed by atoms with Crippen molar-refractivity contribution in [3.8, 4) is 0 Å². The van der Waals surface area contributed by atoms with Gasteiger partial charge in [0.25, 0.3) is 0 Å². The molecule has 0 aliphatic heterocycles. The Morgan fingerprint density at radius 3 is 2.38 bits per heavy atom. The molecule has 0 nitrogen and oxygen atoms in total. The van der Waals surface area contributed by atoms with Crippen LogP contribution >= 0.6 is 0 Å². The molecule has 1 heteroatoms. The van der Waals surface area contributed by atoms with Crippen molar-refractivity contribution in [2.75, 3.05) is 0 Å². The Kier molecular flexibility index (Phi) is 3.05. The molecule has 0 bridgehead atoms. The van der Waals surface area contributed by atoms with E-state index < -0.39 is 0 Å². The molecule has 0 aromatic heterocycles. The van der Waals surface area contributed by atoms with Crippen molar-refractivity contribution in [2.45, 2.75) is 59.3 Å². The smallest absolute Gasteiger partial charge is 0.130 e. The Hall–Kier alpha value is -0.850. The largest absolute Gasteiger partial charge is 0.206 e. The highest BCUT2D eigenvalue weighted by Gasteiger charge is 2.25. The van der Waals surface area contributed by atoms with Crippen LogP contribution in [0.5, 0.6) is 0 Å². The molecule has 1 aromatic rings. The van der Waals surface area contributed by atoms with Crippen LogP contribution in [0.4, 0.5) is 4.39 Å². The molecule has 0 radical (unpaired) electrons. The second-order valence-corrected chi connectivity index (χ2v) is 5.15. The van der Waals surface area contributed by atoms with E-state index >= 15 is 0 Å². The molecular formula is C15H21F. The fourth-order valence-corrected chi connectivity index (χ4v) is 3.22. The zero-order valence-corrected chi connectivity index (χ0v) is 10.8. The van der Waals surface area contributed by atoms with Gasteiger partial charge in [0, 0.05) is 0 Å². The third-order valence-electron chi connectivity index (χ3n) is 3.86. The minimum atomic E-state index is 0.0944. The Labute approximate surface area is 97.9 Å². The van der Waals surface area contributed by atoms with E-state index in [0.717, 1.165) is 36.8 Å². The van der Waals surface area contributed by atoms with Gasteiger partial charge in [-0.1, -0.05) is 20.8 Å². The lowest BCUT2D eigenvalue weighted by atomic mass is 9.86. The molecule has 0 saturated carbocycles. The van der Waals surface area contributed by atoms with Gasteiger partial charge in [-0.3, -0.25) is 0 Å². The Morgan fingerprint density at radius 1 is 1.19 bits per heavy atom. The summed E-state index contributed by atoms with van der Waals surface area (Å²) in [7, 11) is 0. The molecule has 0 atom stereocenters. The lowest BCUT2D eigenvalue weighted by molar-refractivity contribution is 0.593. The van der Waals surface area contributed by atoms with Crippen LogP contribution < -0.4 is 0 Å². The summed E-state index contributed by atoms with van der Waals surface area (Å²) < 4.78 is 14.3. The molecule has 0 heterocycles. The van der Waals surface area contributed by atoms with Crippen LogP contribution in [0.25, 0.3) is 0 Å². The molecule has 1 aliphatic carbocycles. The third kappa shape index (κ3) is 1.57. The number of fused-ring (bicyclic) bond motifs is 1. The lowest BCUT2D eigenvalue weighted by Gasteiger charge is -2.20. The Balaban J connectivity index is 2.74. The van der Waals surface area contributed by atoms with Crippen molar-refractivity contribution in [2.24, 2.45) is 0 Å². The first-order valence-electron chi connectivity index (χ1n) is 6.40. The zero-order valence-electron chi connectivity index (χ0n) is 10.8. The van der Waals surface area contributed by atoms with Crippen LogP contribution in [0, 0.1) is 12.7 Å². The van der Waals surface area contributed by atoms with Gasteiger partial charge in [-0.15, -0.1) is 0 Å². The lowest BCUT2D eigenvalue weighted by Crippen LogP contribution is -2.07. The minimum absolute atomic E-state index is 0.0944. The Morgan fingerprint density at radius 2 is 1.81 bits per heavy atom. The van der Waals surface area contributed by atoms with Gasteiger partial charge in [0.05, 0.1) is 0 Å². The van der Waals surface area contributed by atoms with Gasteiger partial charge in [0.2, 0.25) is 0 Å². The number of hydrogen-bond acceptors (Lipinski definition) is 0. The second kappa shape index (κ2) is 4.20. The van der Waals surface area contributed by atoms with Crippen molar-refractivity contribution in [1.29, 1.82) is 0 Å². The van der Waals surface area contributed by atoms with Gasteiger partial charge >= 0.3 is 0 Å². The van der Waals surface area contributed by atoms with E-state index in [-0.39, 0.29) is 5.82 Å². The van der Waals surface area contributed by atoms with Gasteiger partial charge in [0.1, 0.15) is 5.82 Å².